The molecule has 0 spiro atoms. The maximum Gasteiger partial charge on any atom is 0.273 e. The van der Waals surface area contributed by atoms with Crippen LogP contribution in [0.2, 0.25) is 10.0 Å². The minimum atomic E-state index is -0.403. The third-order valence-electron chi connectivity index (χ3n) is 6.06. The van der Waals surface area contributed by atoms with Gasteiger partial charge >= 0.3 is 0 Å². The van der Waals surface area contributed by atoms with Crippen LogP contribution in [0.25, 0.3) is 11.3 Å². The number of aromatic hydroxyl groups is 1. The van der Waals surface area contributed by atoms with Crippen molar-refractivity contribution in [2.45, 2.75) is 26.4 Å². The maximum atomic E-state index is 13.5. The summed E-state index contributed by atoms with van der Waals surface area (Å²) >= 11 is 12.5. The smallest absolute Gasteiger partial charge is 0.273 e. The molecule has 166 valence electrons. The molecule has 0 fully saturated rings. The zero-order chi connectivity index (χ0) is 23.3. The number of hydrogen-bond donors (Lipinski definition) is 2. The Labute approximate surface area is 201 Å². The summed E-state index contributed by atoms with van der Waals surface area (Å²) in [6, 6.07) is 18.5. The number of benzene rings is 3. The van der Waals surface area contributed by atoms with Crippen molar-refractivity contribution < 1.29 is 9.90 Å². The van der Waals surface area contributed by atoms with Gasteiger partial charge < -0.3 is 10.0 Å². The number of rotatable bonds is 4. The van der Waals surface area contributed by atoms with E-state index >= 15 is 0 Å². The largest absolute Gasteiger partial charge is 0.507 e. The Hall–Kier alpha value is -3.28. The van der Waals surface area contributed by atoms with Gasteiger partial charge in [0.25, 0.3) is 5.91 Å². The van der Waals surface area contributed by atoms with Crippen LogP contribution in [0.3, 0.4) is 0 Å². The fourth-order valence-electron chi connectivity index (χ4n) is 4.30. The van der Waals surface area contributed by atoms with Crippen LogP contribution in [-0.4, -0.2) is 26.1 Å². The van der Waals surface area contributed by atoms with Crippen molar-refractivity contribution in [2.75, 3.05) is 0 Å². The van der Waals surface area contributed by atoms with Gasteiger partial charge in [-0.3, -0.25) is 9.89 Å². The number of aryl methyl sites for hydroxylation is 2. The van der Waals surface area contributed by atoms with Crippen LogP contribution in [0.5, 0.6) is 5.75 Å². The first-order chi connectivity index (χ1) is 15.8. The Kier molecular flexibility index (Phi) is 5.39. The van der Waals surface area contributed by atoms with Crippen LogP contribution in [-0.2, 0) is 6.54 Å². The number of phenolic OH excluding ortho intramolecular Hbond substituents is 1. The summed E-state index contributed by atoms with van der Waals surface area (Å²) < 4.78 is 0. The molecule has 7 heteroatoms. The lowest BCUT2D eigenvalue weighted by atomic mass is 9.95. The first kappa shape index (κ1) is 21.6. The van der Waals surface area contributed by atoms with Gasteiger partial charge in [0, 0.05) is 27.7 Å². The van der Waals surface area contributed by atoms with E-state index in [4.69, 9.17) is 23.2 Å². The van der Waals surface area contributed by atoms with Crippen molar-refractivity contribution in [3.05, 3.63) is 104 Å². The summed E-state index contributed by atoms with van der Waals surface area (Å²) in [4.78, 5) is 15.3. The zero-order valence-corrected chi connectivity index (χ0v) is 19.6. The van der Waals surface area contributed by atoms with E-state index in [9.17, 15) is 9.90 Å². The second-order valence-corrected chi connectivity index (χ2v) is 9.20. The van der Waals surface area contributed by atoms with E-state index in [1.807, 2.05) is 67.3 Å². The topological polar surface area (TPSA) is 69.2 Å². The molecule has 1 atom stereocenters. The summed E-state index contributed by atoms with van der Waals surface area (Å²) in [5, 5.41) is 19.1. The fraction of sp³-hybridized carbons (Fsp3) is 0.154. The molecule has 0 radical (unpaired) electrons. The van der Waals surface area contributed by atoms with Crippen LogP contribution in [0.15, 0.2) is 60.7 Å². The summed E-state index contributed by atoms with van der Waals surface area (Å²) in [6.07, 6.45) is 0. The zero-order valence-electron chi connectivity index (χ0n) is 18.1. The number of hydrogen-bond acceptors (Lipinski definition) is 3. The predicted molar refractivity (Wildman–Crippen MR) is 130 cm³/mol. The van der Waals surface area contributed by atoms with E-state index in [2.05, 4.69) is 10.2 Å². The van der Waals surface area contributed by atoms with Crippen LogP contribution < -0.4 is 0 Å². The van der Waals surface area contributed by atoms with Gasteiger partial charge in [-0.05, 0) is 54.8 Å². The Morgan fingerprint density at radius 2 is 1.73 bits per heavy atom. The molecule has 0 saturated heterocycles. The molecule has 5 rings (SSSR count). The first-order valence-electron chi connectivity index (χ1n) is 10.5. The average Bonchev–Trinajstić information content (AvgIpc) is 3.32. The number of nitrogens with zero attached hydrogens (tertiary/aromatic N) is 2. The maximum absolute atomic E-state index is 13.5. The van der Waals surface area contributed by atoms with Gasteiger partial charge in [-0.15, -0.1) is 0 Å². The molecule has 0 aliphatic carbocycles. The lowest BCUT2D eigenvalue weighted by Gasteiger charge is -2.26. The quantitative estimate of drug-likeness (QED) is 0.354. The molecule has 1 aliphatic rings. The minimum absolute atomic E-state index is 0.0606. The Morgan fingerprint density at radius 1 is 1.03 bits per heavy atom. The van der Waals surface area contributed by atoms with Gasteiger partial charge in [0.1, 0.15) is 17.1 Å². The lowest BCUT2D eigenvalue weighted by molar-refractivity contribution is 0.0730. The summed E-state index contributed by atoms with van der Waals surface area (Å²) in [7, 11) is 0. The normalized spacial score (nSPS) is 15.2. The molecule has 1 aromatic heterocycles. The highest BCUT2D eigenvalue weighted by atomic mass is 35.5. The molecular formula is C26H21Cl2N3O2. The molecule has 5 nitrogen and oxygen atoms in total. The van der Waals surface area contributed by atoms with Crippen LogP contribution in [0.1, 0.15) is 44.3 Å². The van der Waals surface area contributed by atoms with Gasteiger partial charge in [0.2, 0.25) is 0 Å². The number of nitrogens with one attached hydrogen (secondary N) is 1. The van der Waals surface area contributed by atoms with Crippen LogP contribution in [0.4, 0.5) is 0 Å². The molecule has 2 heterocycles. The summed E-state index contributed by atoms with van der Waals surface area (Å²) in [5.41, 5.74) is 5.95. The molecule has 0 bridgehead atoms. The number of carbonyl (C=O) groups excluding carboxylic acids is 1. The average molecular weight is 478 g/mol. The third kappa shape index (κ3) is 3.77. The molecule has 2 N–H and O–H groups in total. The Bertz CT molecular complexity index is 1360. The second-order valence-electron chi connectivity index (χ2n) is 8.35. The van der Waals surface area contributed by atoms with Crippen molar-refractivity contribution in [3.63, 3.8) is 0 Å². The van der Waals surface area contributed by atoms with Crippen molar-refractivity contribution in [3.8, 4) is 17.0 Å². The van der Waals surface area contributed by atoms with E-state index in [1.54, 1.807) is 12.1 Å². The number of halogens is 2. The van der Waals surface area contributed by atoms with Gasteiger partial charge in [0.05, 0.1) is 6.04 Å². The predicted octanol–water partition coefficient (Wildman–Crippen LogP) is 6.45. The van der Waals surface area contributed by atoms with Crippen molar-refractivity contribution in [1.82, 2.24) is 15.1 Å². The number of amides is 1. The minimum Gasteiger partial charge on any atom is -0.507 e. The summed E-state index contributed by atoms with van der Waals surface area (Å²) in [5.74, 6) is -0.0903. The number of fused-ring (bicyclic) bond motifs is 1. The number of aromatic nitrogens is 2. The Balaban J connectivity index is 1.66. The highest BCUT2D eigenvalue weighted by molar-refractivity contribution is 6.31. The fourth-order valence-corrected chi connectivity index (χ4v) is 4.59. The van der Waals surface area contributed by atoms with E-state index in [1.165, 1.54) is 0 Å². The molecule has 33 heavy (non-hydrogen) atoms. The molecule has 1 aliphatic heterocycles. The molecule has 0 saturated carbocycles. The van der Waals surface area contributed by atoms with Gasteiger partial charge in [-0.25, -0.2) is 0 Å². The second kappa shape index (κ2) is 8.25. The Morgan fingerprint density at radius 3 is 2.42 bits per heavy atom. The highest BCUT2D eigenvalue weighted by Crippen LogP contribution is 2.46. The monoisotopic (exact) mass is 477 g/mol. The standard InChI is InChI=1S/C26H21Cl2N3O2/c1-14-3-5-16(6-4-14)13-31-25(17-7-9-18(27)10-8-17)22-23(29-30-24(22)26(31)33)19-12-20(28)15(2)11-21(19)32/h3-12,25,32H,13H2,1-2H3,(H,29,30). The van der Waals surface area contributed by atoms with Gasteiger partial charge in [-0.2, -0.15) is 5.10 Å². The molecular weight excluding hydrogens is 457 g/mol. The molecule has 4 aromatic rings. The lowest BCUT2D eigenvalue weighted by Crippen LogP contribution is -2.29. The van der Waals surface area contributed by atoms with Crippen molar-refractivity contribution >= 4 is 29.1 Å². The van der Waals surface area contributed by atoms with E-state index in [0.29, 0.717) is 39.1 Å². The molecule has 1 unspecified atom stereocenters. The molecule has 1 amide bonds. The van der Waals surface area contributed by atoms with E-state index in [0.717, 1.165) is 22.3 Å². The molecule has 3 aromatic carbocycles. The van der Waals surface area contributed by atoms with Crippen LogP contribution >= 0.6 is 23.2 Å². The van der Waals surface area contributed by atoms with Gasteiger partial charge in [0.15, 0.2) is 0 Å². The third-order valence-corrected chi connectivity index (χ3v) is 6.71. The van der Waals surface area contributed by atoms with Gasteiger partial charge in [-0.1, -0.05) is 65.2 Å². The van der Waals surface area contributed by atoms with Crippen molar-refractivity contribution in [2.24, 2.45) is 0 Å². The SMILES string of the molecule is Cc1ccc(CN2C(=O)c3[nH]nc(-c4cc(Cl)c(C)cc4O)c3C2c2ccc(Cl)cc2)cc1. The highest BCUT2D eigenvalue weighted by Gasteiger charge is 2.42. The van der Waals surface area contributed by atoms with E-state index in [-0.39, 0.29) is 11.7 Å². The number of H-pyrrole nitrogens is 1. The summed E-state index contributed by atoms with van der Waals surface area (Å²) in [6.45, 7) is 4.28. The number of aromatic amines is 1. The number of phenols is 1. The van der Waals surface area contributed by atoms with Crippen LogP contribution in [0, 0.1) is 13.8 Å². The van der Waals surface area contributed by atoms with Crippen molar-refractivity contribution in [1.29, 1.82) is 0 Å². The first-order valence-corrected chi connectivity index (χ1v) is 11.3. The number of carbonyl (C=O) groups is 1. The van der Waals surface area contributed by atoms with E-state index < -0.39 is 6.04 Å².